The topological polar surface area (TPSA) is 92.8 Å². The molecule has 0 aromatic carbocycles. The van der Waals surface area contributed by atoms with Gasteiger partial charge in [0.1, 0.15) is 12.7 Å². The van der Waals surface area contributed by atoms with Gasteiger partial charge in [0.25, 0.3) is 5.09 Å². The molecule has 0 spiro atoms. The molecular formula is C3H7NO5. The van der Waals surface area contributed by atoms with Crippen LogP contribution >= 0.6 is 0 Å². The predicted molar refractivity (Wildman–Crippen MR) is 26.0 cm³/mol. The minimum Gasteiger partial charge on any atom is -0.394 e. The molecule has 0 radical (unpaired) electrons. The number of aliphatic hydroxyl groups is 2. The van der Waals surface area contributed by atoms with Crippen LogP contribution in [0.25, 0.3) is 0 Å². The highest BCUT2D eigenvalue weighted by atomic mass is 17.0. The normalized spacial score (nSPS) is 12.7. The van der Waals surface area contributed by atoms with Crippen LogP contribution in [0.15, 0.2) is 0 Å². The second kappa shape index (κ2) is 4.04. The summed E-state index contributed by atoms with van der Waals surface area (Å²) < 4.78 is 0. The Hall–Kier alpha value is -0.880. The van der Waals surface area contributed by atoms with Gasteiger partial charge in [-0.1, -0.05) is 0 Å². The number of rotatable bonds is 4. The zero-order chi connectivity index (χ0) is 7.28. The second-order valence-corrected chi connectivity index (χ2v) is 1.36. The van der Waals surface area contributed by atoms with Crippen LogP contribution in [-0.2, 0) is 4.84 Å². The van der Waals surface area contributed by atoms with Crippen LogP contribution in [0.5, 0.6) is 0 Å². The first-order valence-electron chi connectivity index (χ1n) is 2.23. The molecule has 0 aromatic heterocycles. The summed E-state index contributed by atoms with van der Waals surface area (Å²) in [6.45, 7) is -1.02. The molecule has 0 saturated heterocycles. The molecule has 0 aromatic rings. The van der Waals surface area contributed by atoms with Crippen LogP contribution in [0.1, 0.15) is 0 Å². The summed E-state index contributed by atoms with van der Waals surface area (Å²) in [5.74, 6) is 0. The van der Waals surface area contributed by atoms with Gasteiger partial charge in [-0.3, -0.25) is 0 Å². The molecule has 9 heavy (non-hydrogen) atoms. The lowest BCUT2D eigenvalue weighted by atomic mass is 10.4. The minimum absolute atomic E-state index is 0.483. The van der Waals surface area contributed by atoms with Gasteiger partial charge >= 0.3 is 0 Å². The van der Waals surface area contributed by atoms with Crippen LogP contribution in [0, 0.1) is 10.1 Å². The molecule has 6 heteroatoms. The molecule has 54 valence electrons. The molecule has 0 rings (SSSR count). The van der Waals surface area contributed by atoms with Gasteiger partial charge in [-0.25, -0.2) is 0 Å². The van der Waals surface area contributed by atoms with Crippen molar-refractivity contribution in [2.24, 2.45) is 0 Å². The van der Waals surface area contributed by atoms with Crippen molar-refractivity contribution in [1.29, 1.82) is 0 Å². The van der Waals surface area contributed by atoms with E-state index >= 15 is 0 Å². The lowest BCUT2D eigenvalue weighted by Crippen LogP contribution is -2.21. The predicted octanol–water partition coefficient (Wildman–Crippen LogP) is -1.45. The van der Waals surface area contributed by atoms with E-state index in [2.05, 4.69) is 4.84 Å². The molecule has 0 bridgehead atoms. The zero-order valence-electron chi connectivity index (χ0n) is 4.56. The number of hydrogen-bond acceptors (Lipinski definition) is 5. The SMILES string of the molecule is O=[N+]([O-])OC[C@@H](O)CO. The van der Waals surface area contributed by atoms with E-state index in [-0.39, 0.29) is 0 Å². The molecule has 0 unspecified atom stereocenters. The Labute approximate surface area is 50.8 Å². The summed E-state index contributed by atoms with van der Waals surface area (Å²) in [6, 6.07) is 0. The van der Waals surface area contributed by atoms with Crippen molar-refractivity contribution >= 4 is 0 Å². The quantitative estimate of drug-likeness (QED) is 0.365. The van der Waals surface area contributed by atoms with Crippen molar-refractivity contribution in [3.05, 3.63) is 10.1 Å². The average molecular weight is 137 g/mol. The Morgan fingerprint density at radius 1 is 1.78 bits per heavy atom. The number of nitrogens with zero attached hydrogens (tertiary/aromatic N) is 1. The van der Waals surface area contributed by atoms with Crippen molar-refractivity contribution in [3.63, 3.8) is 0 Å². The van der Waals surface area contributed by atoms with Crippen LogP contribution in [0.4, 0.5) is 0 Å². The van der Waals surface area contributed by atoms with E-state index in [0.29, 0.717) is 0 Å². The van der Waals surface area contributed by atoms with E-state index in [1.165, 1.54) is 0 Å². The van der Waals surface area contributed by atoms with E-state index in [4.69, 9.17) is 10.2 Å². The molecular weight excluding hydrogens is 130 g/mol. The molecule has 0 aliphatic carbocycles. The maximum absolute atomic E-state index is 9.41. The first-order chi connectivity index (χ1) is 4.16. The molecule has 2 N–H and O–H groups in total. The van der Waals surface area contributed by atoms with Crippen LogP contribution in [-0.4, -0.2) is 34.6 Å². The standard InChI is InChI=1S/C3H7NO5/c5-1-3(6)2-9-4(7)8/h3,5-6H,1-2H2/t3-/m0/s1. The zero-order valence-corrected chi connectivity index (χ0v) is 4.56. The van der Waals surface area contributed by atoms with E-state index < -0.39 is 24.4 Å². The van der Waals surface area contributed by atoms with Gasteiger partial charge in [-0.05, 0) is 0 Å². The molecule has 0 saturated carbocycles. The van der Waals surface area contributed by atoms with E-state index in [1.54, 1.807) is 0 Å². The van der Waals surface area contributed by atoms with E-state index in [9.17, 15) is 10.1 Å². The van der Waals surface area contributed by atoms with Crippen LogP contribution in [0.2, 0.25) is 0 Å². The summed E-state index contributed by atoms with van der Waals surface area (Å²) in [5, 5.41) is 24.9. The fraction of sp³-hybridized carbons (Fsp3) is 1.00. The largest absolute Gasteiger partial charge is 0.394 e. The number of aliphatic hydroxyl groups excluding tert-OH is 2. The summed E-state index contributed by atoms with van der Waals surface area (Å²) in [5.41, 5.74) is 0. The molecule has 0 amide bonds. The lowest BCUT2D eigenvalue weighted by Gasteiger charge is -2.02. The average Bonchev–Trinajstić information content (AvgIpc) is 1.83. The molecule has 0 aliphatic rings. The summed E-state index contributed by atoms with van der Waals surface area (Å²) in [7, 11) is 0. The molecule has 0 fully saturated rings. The molecule has 1 atom stereocenters. The van der Waals surface area contributed by atoms with Crippen LogP contribution < -0.4 is 0 Å². The summed E-state index contributed by atoms with van der Waals surface area (Å²) in [6.07, 6.45) is -1.17. The highest BCUT2D eigenvalue weighted by molar-refractivity contribution is 4.45. The van der Waals surface area contributed by atoms with Crippen molar-refractivity contribution in [1.82, 2.24) is 0 Å². The first-order valence-corrected chi connectivity index (χ1v) is 2.23. The molecule has 0 aliphatic heterocycles. The third kappa shape index (κ3) is 4.98. The van der Waals surface area contributed by atoms with Crippen LogP contribution in [0.3, 0.4) is 0 Å². The van der Waals surface area contributed by atoms with Crippen molar-refractivity contribution in [2.45, 2.75) is 6.10 Å². The van der Waals surface area contributed by atoms with Gasteiger partial charge < -0.3 is 15.1 Å². The minimum atomic E-state index is -1.17. The Balaban J connectivity index is 3.16. The fourth-order valence-electron chi connectivity index (χ4n) is 0.200. The van der Waals surface area contributed by atoms with Gasteiger partial charge in [-0.2, -0.15) is 0 Å². The Kier molecular flexibility index (Phi) is 3.65. The van der Waals surface area contributed by atoms with Gasteiger partial charge in [0.2, 0.25) is 0 Å². The summed E-state index contributed by atoms with van der Waals surface area (Å²) in [4.78, 5) is 13.1. The van der Waals surface area contributed by atoms with Crippen molar-refractivity contribution in [2.75, 3.05) is 13.2 Å². The van der Waals surface area contributed by atoms with Crippen molar-refractivity contribution < 1.29 is 20.1 Å². The smallest absolute Gasteiger partial charge is 0.294 e. The van der Waals surface area contributed by atoms with Gasteiger partial charge in [0, 0.05) is 0 Å². The van der Waals surface area contributed by atoms with E-state index in [0.717, 1.165) is 0 Å². The third-order valence-corrected chi connectivity index (χ3v) is 0.583. The number of hydrogen-bond donors (Lipinski definition) is 2. The maximum atomic E-state index is 9.41. The monoisotopic (exact) mass is 137 g/mol. The fourth-order valence-corrected chi connectivity index (χ4v) is 0.200. The van der Waals surface area contributed by atoms with E-state index in [1.807, 2.05) is 0 Å². The van der Waals surface area contributed by atoms with Gasteiger partial charge in [-0.15, -0.1) is 10.1 Å². The first kappa shape index (κ1) is 8.12. The third-order valence-electron chi connectivity index (χ3n) is 0.583. The molecule has 0 heterocycles. The Bertz CT molecular complexity index is 94.2. The van der Waals surface area contributed by atoms with Gasteiger partial charge in [0.15, 0.2) is 0 Å². The Morgan fingerprint density at radius 2 is 2.33 bits per heavy atom. The highest BCUT2D eigenvalue weighted by Gasteiger charge is 2.03. The lowest BCUT2D eigenvalue weighted by molar-refractivity contribution is -0.759. The highest BCUT2D eigenvalue weighted by Crippen LogP contribution is 1.82. The summed E-state index contributed by atoms with van der Waals surface area (Å²) >= 11 is 0. The second-order valence-electron chi connectivity index (χ2n) is 1.36. The van der Waals surface area contributed by atoms with Gasteiger partial charge in [0.05, 0.1) is 6.61 Å². The van der Waals surface area contributed by atoms with Crippen molar-refractivity contribution in [3.8, 4) is 0 Å². The molecule has 6 nitrogen and oxygen atoms in total. The Morgan fingerprint density at radius 3 is 2.67 bits per heavy atom. The maximum Gasteiger partial charge on any atom is 0.294 e.